The van der Waals surface area contributed by atoms with Gasteiger partial charge in [0.1, 0.15) is 5.82 Å². The normalized spacial score (nSPS) is 12.5. The molecule has 0 amide bonds. The molecule has 1 atom stereocenters. The minimum Gasteiger partial charge on any atom is -0.383 e. The number of hydrogen-bond acceptors (Lipinski definition) is 5. The monoisotopic (exact) mass is 279 g/mol. The highest BCUT2D eigenvalue weighted by atomic mass is 14.9. The molecule has 0 aliphatic carbocycles. The Balaban J connectivity index is 2.11. The highest BCUT2D eigenvalue weighted by Crippen LogP contribution is 2.27. The Labute approximate surface area is 123 Å². The number of benzene rings is 1. The molecule has 3 aromatic rings. The first-order chi connectivity index (χ1) is 10.2. The van der Waals surface area contributed by atoms with Crippen LogP contribution in [-0.4, -0.2) is 22.0 Å². The number of hydrogen-bond donors (Lipinski definition) is 2. The molecule has 1 unspecified atom stereocenters. The number of nitrogens with zero attached hydrogens (tertiary/aromatic N) is 3. The molecule has 0 saturated heterocycles. The smallest absolute Gasteiger partial charge is 0.128 e. The van der Waals surface area contributed by atoms with Crippen LogP contribution in [0.1, 0.15) is 22.7 Å². The average molecular weight is 279 g/mol. The van der Waals surface area contributed by atoms with E-state index in [9.17, 15) is 0 Å². The number of nitrogens with two attached hydrogens (primary N) is 1. The van der Waals surface area contributed by atoms with Crippen molar-refractivity contribution in [1.82, 2.24) is 20.3 Å². The topological polar surface area (TPSA) is 76.7 Å². The number of nitrogens with one attached hydrogen (secondary N) is 1. The van der Waals surface area contributed by atoms with Gasteiger partial charge in [-0.1, -0.05) is 6.07 Å². The molecule has 3 N–H and O–H groups in total. The van der Waals surface area contributed by atoms with Crippen molar-refractivity contribution in [2.75, 3.05) is 12.8 Å². The van der Waals surface area contributed by atoms with Crippen LogP contribution < -0.4 is 11.1 Å². The predicted molar refractivity (Wildman–Crippen MR) is 83.8 cm³/mol. The van der Waals surface area contributed by atoms with E-state index < -0.39 is 0 Å². The van der Waals surface area contributed by atoms with Crippen LogP contribution in [0.2, 0.25) is 0 Å². The number of aryl methyl sites for hydroxylation is 1. The zero-order chi connectivity index (χ0) is 14.8. The molecular formula is C16H17N5. The van der Waals surface area contributed by atoms with Crippen molar-refractivity contribution in [2.45, 2.75) is 13.0 Å². The minimum atomic E-state index is -0.0243. The highest BCUT2D eigenvalue weighted by Gasteiger charge is 2.16. The van der Waals surface area contributed by atoms with E-state index in [0.29, 0.717) is 5.82 Å². The van der Waals surface area contributed by atoms with Crippen molar-refractivity contribution in [3.05, 3.63) is 59.5 Å². The Morgan fingerprint density at radius 1 is 1.05 bits per heavy atom. The average Bonchev–Trinajstić information content (AvgIpc) is 2.51. The fraction of sp³-hybridized carbons (Fsp3) is 0.188. The van der Waals surface area contributed by atoms with Crippen molar-refractivity contribution >= 4 is 16.9 Å². The summed E-state index contributed by atoms with van der Waals surface area (Å²) in [5.74, 6) is 0.541. The molecule has 21 heavy (non-hydrogen) atoms. The van der Waals surface area contributed by atoms with E-state index in [2.05, 4.69) is 26.3 Å². The number of anilines is 1. The molecule has 2 heterocycles. The van der Waals surface area contributed by atoms with E-state index in [1.54, 1.807) is 18.6 Å². The Morgan fingerprint density at radius 3 is 2.57 bits per heavy atom. The highest BCUT2D eigenvalue weighted by molar-refractivity contribution is 5.74. The summed E-state index contributed by atoms with van der Waals surface area (Å²) in [6.07, 6.45) is 5.17. The van der Waals surface area contributed by atoms with Crippen molar-refractivity contribution in [3.63, 3.8) is 0 Å². The molecule has 0 bridgehead atoms. The molecule has 1 aromatic carbocycles. The van der Waals surface area contributed by atoms with Gasteiger partial charge < -0.3 is 11.1 Å². The van der Waals surface area contributed by atoms with Crippen LogP contribution in [0.4, 0.5) is 5.82 Å². The van der Waals surface area contributed by atoms with Gasteiger partial charge in [0.25, 0.3) is 0 Å². The summed E-state index contributed by atoms with van der Waals surface area (Å²) < 4.78 is 0. The second kappa shape index (κ2) is 5.46. The number of rotatable bonds is 3. The number of pyridine rings is 1. The van der Waals surface area contributed by atoms with Crippen LogP contribution in [0.3, 0.4) is 0 Å². The lowest BCUT2D eigenvalue weighted by atomic mass is 9.98. The van der Waals surface area contributed by atoms with Crippen molar-refractivity contribution < 1.29 is 0 Å². The first-order valence-electron chi connectivity index (χ1n) is 6.79. The maximum Gasteiger partial charge on any atom is 0.128 e. The van der Waals surface area contributed by atoms with Crippen LogP contribution in [0.25, 0.3) is 11.0 Å². The summed E-state index contributed by atoms with van der Waals surface area (Å²) in [6, 6.07) is 8.08. The fourth-order valence-corrected chi connectivity index (χ4v) is 2.50. The maximum absolute atomic E-state index is 6.04. The summed E-state index contributed by atoms with van der Waals surface area (Å²) in [4.78, 5) is 12.9. The first-order valence-corrected chi connectivity index (χ1v) is 6.79. The molecule has 0 saturated carbocycles. The molecule has 2 aromatic heterocycles. The first kappa shape index (κ1) is 13.5. The summed E-state index contributed by atoms with van der Waals surface area (Å²) in [5.41, 5.74) is 10.9. The Morgan fingerprint density at radius 2 is 1.81 bits per heavy atom. The second-order valence-corrected chi connectivity index (χ2v) is 5.01. The number of aromatic nitrogens is 3. The third-order valence-corrected chi connectivity index (χ3v) is 3.51. The minimum absolute atomic E-state index is 0.0243. The van der Waals surface area contributed by atoms with E-state index in [0.717, 1.165) is 27.7 Å². The molecule has 0 spiro atoms. The van der Waals surface area contributed by atoms with Crippen LogP contribution in [0.15, 0.2) is 42.9 Å². The molecule has 5 heteroatoms. The largest absolute Gasteiger partial charge is 0.383 e. The van der Waals surface area contributed by atoms with Gasteiger partial charge in [0.15, 0.2) is 0 Å². The Bertz CT molecular complexity index is 784. The van der Waals surface area contributed by atoms with E-state index in [-0.39, 0.29) is 6.04 Å². The molecule has 106 valence electrons. The van der Waals surface area contributed by atoms with Crippen molar-refractivity contribution in [3.8, 4) is 0 Å². The van der Waals surface area contributed by atoms with Gasteiger partial charge in [-0.2, -0.15) is 0 Å². The molecule has 0 fully saturated rings. The van der Waals surface area contributed by atoms with Gasteiger partial charge in [0, 0.05) is 24.2 Å². The number of nitrogen functional groups attached to an aromatic ring is 1. The van der Waals surface area contributed by atoms with Gasteiger partial charge in [-0.05, 0) is 43.3 Å². The van der Waals surface area contributed by atoms with Gasteiger partial charge in [-0.15, -0.1) is 0 Å². The summed E-state index contributed by atoms with van der Waals surface area (Å²) in [6.45, 7) is 2.01. The Kier molecular flexibility index (Phi) is 3.50. The van der Waals surface area contributed by atoms with Crippen LogP contribution in [0.5, 0.6) is 0 Å². The number of fused-ring (bicyclic) bond motifs is 1. The van der Waals surface area contributed by atoms with E-state index in [1.807, 2.05) is 32.2 Å². The predicted octanol–water partition coefficient (Wildman–Crippen LogP) is 2.22. The molecule has 5 nitrogen and oxygen atoms in total. The zero-order valence-corrected chi connectivity index (χ0v) is 12.0. The quantitative estimate of drug-likeness (QED) is 0.768. The van der Waals surface area contributed by atoms with E-state index in [4.69, 9.17) is 5.73 Å². The van der Waals surface area contributed by atoms with Gasteiger partial charge >= 0.3 is 0 Å². The van der Waals surface area contributed by atoms with E-state index in [1.165, 1.54) is 0 Å². The molecule has 3 rings (SSSR count). The van der Waals surface area contributed by atoms with Crippen LogP contribution >= 0.6 is 0 Å². The zero-order valence-electron chi connectivity index (χ0n) is 12.0. The third-order valence-electron chi connectivity index (χ3n) is 3.51. The van der Waals surface area contributed by atoms with Crippen LogP contribution in [0, 0.1) is 6.92 Å². The van der Waals surface area contributed by atoms with Gasteiger partial charge in [-0.3, -0.25) is 9.97 Å². The lowest BCUT2D eigenvalue weighted by Gasteiger charge is -2.19. The standard InChI is InChI=1S/C16H17N5/c1-10-7-12(16(17)21-9-10)15(18-2)11-3-4-13-14(8-11)20-6-5-19-13/h3-9,15,18H,1-2H3,(H2,17,21). The van der Waals surface area contributed by atoms with Gasteiger partial charge in [0.2, 0.25) is 0 Å². The van der Waals surface area contributed by atoms with Crippen molar-refractivity contribution in [1.29, 1.82) is 0 Å². The molecule has 0 aliphatic heterocycles. The van der Waals surface area contributed by atoms with Gasteiger partial charge in [-0.25, -0.2) is 4.98 Å². The third kappa shape index (κ3) is 2.55. The SMILES string of the molecule is CNC(c1ccc2nccnc2c1)c1cc(C)cnc1N. The summed E-state index contributed by atoms with van der Waals surface area (Å²) in [5, 5.41) is 3.30. The molecular weight excluding hydrogens is 262 g/mol. The molecule has 0 aliphatic rings. The Hall–Kier alpha value is -2.53. The van der Waals surface area contributed by atoms with Gasteiger partial charge in [0.05, 0.1) is 17.1 Å². The summed E-state index contributed by atoms with van der Waals surface area (Å²) in [7, 11) is 1.91. The maximum atomic E-state index is 6.04. The molecule has 0 radical (unpaired) electrons. The lowest BCUT2D eigenvalue weighted by Crippen LogP contribution is -2.19. The lowest BCUT2D eigenvalue weighted by molar-refractivity contribution is 0.691. The van der Waals surface area contributed by atoms with E-state index >= 15 is 0 Å². The summed E-state index contributed by atoms with van der Waals surface area (Å²) >= 11 is 0. The fourth-order valence-electron chi connectivity index (χ4n) is 2.50. The van der Waals surface area contributed by atoms with Crippen LogP contribution in [-0.2, 0) is 0 Å². The van der Waals surface area contributed by atoms with Crippen molar-refractivity contribution in [2.24, 2.45) is 0 Å². The second-order valence-electron chi connectivity index (χ2n) is 5.01.